The summed E-state index contributed by atoms with van der Waals surface area (Å²) in [6.07, 6.45) is 0.940. The fourth-order valence-electron chi connectivity index (χ4n) is 4.68. The van der Waals surface area contributed by atoms with Crippen molar-refractivity contribution in [3.63, 3.8) is 0 Å². The zero-order chi connectivity index (χ0) is 33.3. The molecule has 2 atom stereocenters. The first-order chi connectivity index (χ1) is 21.4. The molecule has 0 aromatic heterocycles. The molecule has 0 aliphatic heterocycles. The van der Waals surface area contributed by atoms with Gasteiger partial charge in [-0.25, -0.2) is 8.42 Å². The van der Waals surface area contributed by atoms with Gasteiger partial charge >= 0.3 is 0 Å². The number of nitro groups is 1. The van der Waals surface area contributed by atoms with E-state index in [1.54, 1.807) is 43.3 Å². The molecule has 242 valence electrons. The normalized spacial score (nSPS) is 12.5. The van der Waals surface area contributed by atoms with Crippen LogP contribution in [0.15, 0.2) is 71.6 Å². The van der Waals surface area contributed by atoms with Gasteiger partial charge in [0.05, 0.1) is 29.7 Å². The van der Waals surface area contributed by atoms with Crippen molar-refractivity contribution in [2.75, 3.05) is 25.1 Å². The number of amides is 2. The summed E-state index contributed by atoms with van der Waals surface area (Å²) in [5.74, 6) is 0.00213. The van der Waals surface area contributed by atoms with Gasteiger partial charge in [-0.2, -0.15) is 0 Å². The third-order valence-electron chi connectivity index (χ3n) is 7.48. The van der Waals surface area contributed by atoms with Crippen LogP contribution in [-0.4, -0.2) is 62.9 Å². The van der Waals surface area contributed by atoms with Crippen molar-refractivity contribution in [3.8, 4) is 11.5 Å². The third-order valence-corrected chi connectivity index (χ3v) is 9.25. The monoisotopic (exact) mass is 640 g/mol. The van der Waals surface area contributed by atoms with Crippen LogP contribution in [0.25, 0.3) is 0 Å². The van der Waals surface area contributed by atoms with Gasteiger partial charge < -0.3 is 19.7 Å². The first kappa shape index (κ1) is 34.8. The molecule has 0 unspecified atom stereocenters. The van der Waals surface area contributed by atoms with E-state index in [2.05, 4.69) is 5.32 Å². The highest BCUT2D eigenvalue weighted by molar-refractivity contribution is 7.92. The van der Waals surface area contributed by atoms with Crippen molar-refractivity contribution in [2.24, 2.45) is 0 Å². The molecular formula is C32H40N4O8S. The van der Waals surface area contributed by atoms with Gasteiger partial charge in [-0.1, -0.05) is 32.0 Å². The van der Waals surface area contributed by atoms with Gasteiger partial charge in [-0.15, -0.1) is 0 Å². The average Bonchev–Trinajstić information content (AvgIpc) is 3.03. The number of benzene rings is 3. The smallest absolute Gasteiger partial charge is 0.273 e. The number of nitrogens with zero attached hydrogens (tertiary/aromatic N) is 3. The zero-order valence-corrected chi connectivity index (χ0v) is 27.2. The number of anilines is 1. The van der Waals surface area contributed by atoms with E-state index >= 15 is 0 Å². The van der Waals surface area contributed by atoms with Crippen molar-refractivity contribution in [3.05, 3.63) is 88.0 Å². The number of methoxy groups -OCH3 is 2. The number of sulfonamides is 1. The van der Waals surface area contributed by atoms with Gasteiger partial charge in [0.1, 0.15) is 24.1 Å². The summed E-state index contributed by atoms with van der Waals surface area (Å²) in [6, 6.07) is 15.6. The molecular weight excluding hydrogens is 600 g/mol. The molecule has 0 aliphatic rings. The number of aryl methyl sites for hydroxylation is 1. The zero-order valence-electron chi connectivity index (χ0n) is 26.3. The molecule has 0 spiro atoms. The molecule has 0 fully saturated rings. The lowest BCUT2D eigenvalue weighted by molar-refractivity contribution is -0.385. The van der Waals surface area contributed by atoms with Crippen LogP contribution in [0.1, 0.15) is 44.7 Å². The quantitative estimate of drug-likeness (QED) is 0.183. The molecule has 13 heteroatoms. The number of hydrogen-bond acceptors (Lipinski definition) is 8. The Morgan fingerprint density at radius 2 is 1.62 bits per heavy atom. The van der Waals surface area contributed by atoms with Crippen LogP contribution in [-0.2, 0) is 26.2 Å². The summed E-state index contributed by atoms with van der Waals surface area (Å²) in [6.45, 7) is 6.37. The standard InChI is InChI=1S/C32H40N4O8S/c1-7-23(4)33-32(38)29(8-2)34(20-24-10-9-11-27(18-24)44-6)31(37)21-35(25-13-15-26(43-5)16-14-25)45(41,42)28-17-12-22(3)30(19-28)36(39)40/h9-19,23,29H,7-8,20-21H2,1-6H3,(H,33,38)/t23-,29+/m0/s1. The minimum Gasteiger partial charge on any atom is -0.497 e. The van der Waals surface area contributed by atoms with Crippen LogP contribution in [0.3, 0.4) is 0 Å². The fraction of sp³-hybridized carbons (Fsp3) is 0.375. The molecule has 1 N–H and O–H groups in total. The number of carbonyl (C=O) groups is 2. The van der Waals surface area contributed by atoms with E-state index in [4.69, 9.17) is 9.47 Å². The van der Waals surface area contributed by atoms with Crippen molar-refractivity contribution < 1.29 is 32.4 Å². The predicted octanol–water partition coefficient (Wildman–Crippen LogP) is 4.84. The SMILES string of the molecule is CC[C@H](C(=O)N[C@@H](C)CC)N(Cc1cccc(OC)c1)C(=O)CN(c1ccc(OC)cc1)S(=O)(=O)c1ccc(C)c([N+](=O)[O-])c1. The highest BCUT2D eigenvalue weighted by Crippen LogP contribution is 2.30. The second-order valence-corrected chi connectivity index (χ2v) is 12.4. The average molecular weight is 641 g/mol. The predicted molar refractivity (Wildman–Crippen MR) is 171 cm³/mol. The lowest BCUT2D eigenvalue weighted by Crippen LogP contribution is -2.53. The van der Waals surface area contributed by atoms with E-state index in [0.29, 0.717) is 23.5 Å². The van der Waals surface area contributed by atoms with Gasteiger partial charge in [0.25, 0.3) is 15.7 Å². The molecule has 0 bridgehead atoms. The van der Waals surface area contributed by atoms with E-state index < -0.39 is 33.4 Å². The maximum atomic E-state index is 14.3. The topological polar surface area (TPSA) is 148 Å². The number of nitro benzene ring substituents is 1. The van der Waals surface area contributed by atoms with Crippen LogP contribution in [0.2, 0.25) is 0 Å². The van der Waals surface area contributed by atoms with Crippen LogP contribution < -0.4 is 19.1 Å². The van der Waals surface area contributed by atoms with Gasteiger partial charge in [0, 0.05) is 24.2 Å². The molecule has 3 rings (SSSR count). The first-order valence-corrected chi connectivity index (χ1v) is 15.9. The Balaban J connectivity index is 2.13. The molecule has 0 radical (unpaired) electrons. The summed E-state index contributed by atoms with van der Waals surface area (Å²) in [5, 5.41) is 14.6. The lowest BCUT2D eigenvalue weighted by Gasteiger charge is -2.33. The highest BCUT2D eigenvalue weighted by Gasteiger charge is 2.34. The van der Waals surface area contributed by atoms with Crippen molar-refractivity contribution in [1.29, 1.82) is 0 Å². The van der Waals surface area contributed by atoms with Crippen LogP contribution in [0.5, 0.6) is 11.5 Å². The highest BCUT2D eigenvalue weighted by atomic mass is 32.2. The molecule has 0 saturated heterocycles. The van der Waals surface area contributed by atoms with Crippen molar-refractivity contribution in [1.82, 2.24) is 10.2 Å². The molecule has 0 aliphatic carbocycles. The summed E-state index contributed by atoms with van der Waals surface area (Å²) in [4.78, 5) is 39.7. The largest absolute Gasteiger partial charge is 0.497 e. The number of rotatable bonds is 15. The maximum Gasteiger partial charge on any atom is 0.273 e. The van der Waals surface area contributed by atoms with Crippen LogP contribution >= 0.6 is 0 Å². The minimum atomic E-state index is -4.51. The third kappa shape index (κ3) is 8.50. The van der Waals surface area contributed by atoms with Crippen molar-refractivity contribution >= 4 is 33.2 Å². The Hall–Kier alpha value is -4.65. The van der Waals surface area contributed by atoms with Gasteiger partial charge in [0.2, 0.25) is 11.8 Å². The van der Waals surface area contributed by atoms with Crippen LogP contribution in [0.4, 0.5) is 11.4 Å². The summed E-state index contributed by atoms with van der Waals surface area (Å²) in [7, 11) is -1.53. The molecule has 3 aromatic rings. The molecule has 0 heterocycles. The lowest BCUT2D eigenvalue weighted by atomic mass is 10.1. The van der Waals surface area contributed by atoms with Crippen molar-refractivity contribution in [2.45, 2.75) is 64.1 Å². The molecule has 0 saturated carbocycles. The Bertz CT molecular complexity index is 1610. The second kappa shape index (κ2) is 15.4. The molecule has 12 nitrogen and oxygen atoms in total. The van der Waals surface area contributed by atoms with Gasteiger partial charge in [-0.3, -0.25) is 24.0 Å². The Labute approximate surface area is 264 Å². The van der Waals surface area contributed by atoms with E-state index in [-0.39, 0.29) is 46.7 Å². The number of nitrogens with one attached hydrogen (secondary N) is 1. The Morgan fingerprint density at radius 1 is 0.956 bits per heavy atom. The summed E-state index contributed by atoms with van der Waals surface area (Å²) < 4.78 is 39.7. The number of ether oxygens (including phenoxy) is 2. The van der Waals surface area contributed by atoms with E-state index in [9.17, 15) is 28.1 Å². The second-order valence-electron chi connectivity index (χ2n) is 10.5. The molecule has 45 heavy (non-hydrogen) atoms. The minimum absolute atomic E-state index is 0.00499. The van der Waals surface area contributed by atoms with Gasteiger partial charge in [0.15, 0.2) is 0 Å². The summed E-state index contributed by atoms with van der Waals surface area (Å²) in [5.41, 5.74) is 0.717. The maximum absolute atomic E-state index is 14.3. The van der Waals surface area contributed by atoms with Crippen LogP contribution in [0, 0.1) is 17.0 Å². The van der Waals surface area contributed by atoms with Gasteiger partial charge in [-0.05, 0) is 74.7 Å². The van der Waals surface area contributed by atoms with E-state index in [1.807, 2.05) is 13.8 Å². The van der Waals surface area contributed by atoms with E-state index in [0.717, 1.165) is 10.4 Å². The number of carbonyl (C=O) groups excluding carboxylic acids is 2. The number of hydrogen-bond donors (Lipinski definition) is 1. The summed E-state index contributed by atoms with van der Waals surface area (Å²) >= 11 is 0. The first-order valence-electron chi connectivity index (χ1n) is 14.5. The fourth-order valence-corrected chi connectivity index (χ4v) is 6.11. The Morgan fingerprint density at radius 3 is 2.20 bits per heavy atom. The Kier molecular flexibility index (Phi) is 11.9. The molecule has 2 amide bonds. The molecule has 3 aromatic carbocycles. The van der Waals surface area contributed by atoms with E-state index in [1.165, 1.54) is 50.3 Å².